The van der Waals surface area contributed by atoms with E-state index in [0.29, 0.717) is 28.2 Å². The smallest absolute Gasteiger partial charge is 0.295 e. The standard InChI is InChI=1S/C28H23N5O3/c1-18-24(28(36)33(32(18)2)21-16-10-5-11-17-21)29-26(34)23-22(19-12-6-3-7-13-19)25(30-31-27(23)35)20-14-8-4-9-15-20/h3-17H,1-2H3,(H,29,34)(H,31,35). The van der Waals surface area contributed by atoms with Gasteiger partial charge in [0.15, 0.2) is 0 Å². The number of carbonyl (C=O) groups is 1. The van der Waals surface area contributed by atoms with Gasteiger partial charge in [-0.15, -0.1) is 0 Å². The fraction of sp³-hybridized carbons (Fsp3) is 0.0714. The Kier molecular flexibility index (Phi) is 5.92. The van der Waals surface area contributed by atoms with Gasteiger partial charge >= 0.3 is 0 Å². The fourth-order valence-corrected chi connectivity index (χ4v) is 4.25. The predicted molar refractivity (Wildman–Crippen MR) is 139 cm³/mol. The van der Waals surface area contributed by atoms with Crippen LogP contribution in [-0.2, 0) is 7.05 Å². The highest BCUT2D eigenvalue weighted by Crippen LogP contribution is 2.32. The molecule has 1 amide bonds. The molecule has 5 rings (SSSR count). The molecule has 8 nitrogen and oxygen atoms in total. The third-order valence-corrected chi connectivity index (χ3v) is 6.11. The van der Waals surface area contributed by atoms with Gasteiger partial charge in [0.2, 0.25) is 0 Å². The summed E-state index contributed by atoms with van der Waals surface area (Å²) in [5.74, 6) is -0.694. The molecule has 2 heterocycles. The molecule has 0 saturated carbocycles. The number of aromatic nitrogens is 4. The molecule has 2 aromatic heterocycles. The molecule has 2 N–H and O–H groups in total. The summed E-state index contributed by atoms with van der Waals surface area (Å²) in [4.78, 5) is 40.0. The van der Waals surface area contributed by atoms with E-state index in [0.717, 1.165) is 5.56 Å². The minimum atomic E-state index is -0.694. The Labute approximate surface area is 206 Å². The van der Waals surface area contributed by atoms with Crippen molar-refractivity contribution in [3.8, 4) is 28.1 Å². The third kappa shape index (κ3) is 3.94. The van der Waals surface area contributed by atoms with Crippen LogP contribution >= 0.6 is 0 Å². The van der Waals surface area contributed by atoms with Gasteiger partial charge in [-0.2, -0.15) is 5.10 Å². The van der Waals surface area contributed by atoms with Crippen LogP contribution in [0.1, 0.15) is 16.1 Å². The Hall–Kier alpha value is -4.98. The number of aromatic amines is 1. The van der Waals surface area contributed by atoms with Crippen molar-refractivity contribution in [2.24, 2.45) is 7.05 Å². The van der Waals surface area contributed by atoms with Crippen LogP contribution in [0.4, 0.5) is 5.69 Å². The van der Waals surface area contributed by atoms with Crippen LogP contribution in [0.2, 0.25) is 0 Å². The van der Waals surface area contributed by atoms with E-state index in [2.05, 4.69) is 15.5 Å². The van der Waals surface area contributed by atoms with E-state index in [1.165, 1.54) is 4.68 Å². The number of anilines is 1. The largest absolute Gasteiger partial charge is 0.316 e. The van der Waals surface area contributed by atoms with E-state index in [4.69, 9.17) is 0 Å². The minimum absolute atomic E-state index is 0.0999. The van der Waals surface area contributed by atoms with Gasteiger partial charge in [-0.05, 0) is 24.6 Å². The molecule has 0 spiro atoms. The summed E-state index contributed by atoms with van der Waals surface area (Å²) < 4.78 is 3.13. The first-order valence-electron chi connectivity index (χ1n) is 11.4. The monoisotopic (exact) mass is 477 g/mol. The number of hydrogen-bond acceptors (Lipinski definition) is 4. The summed E-state index contributed by atoms with van der Waals surface area (Å²) in [6, 6.07) is 27.6. The second kappa shape index (κ2) is 9.34. The van der Waals surface area contributed by atoms with Crippen molar-refractivity contribution in [3.63, 3.8) is 0 Å². The number of nitrogens with zero attached hydrogens (tertiary/aromatic N) is 3. The van der Waals surface area contributed by atoms with Crippen molar-refractivity contribution >= 4 is 11.6 Å². The van der Waals surface area contributed by atoms with Gasteiger partial charge < -0.3 is 5.32 Å². The van der Waals surface area contributed by atoms with Crippen molar-refractivity contribution in [1.29, 1.82) is 0 Å². The van der Waals surface area contributed by atoms with E-state index >= 15 is 0 Å². The molecule has 0 radical (unpaired) electrons. The molecular formula is C28H23N5O3. The molecule has 0 aliphatic rings. The van der Waals surface area contributed by atoms with Crippen molar-refractivity contribution < 1.29 is 4.79 Å². The van der Waals surface area contributed by atoms with Gasteiger partial charge in [0, 0.05) is 18.2 Å². The Bertz CT molecular complexity index is 1670. The topological polar surface area (TPSA) is 102 Å². The van der Waals surface area contributed by atoms with Crippen LogP contribution in [-0.4, -0.2) is 25.5 Å². The van der Waals surface area contributed by atoms with Gasteiger partial charge in [0.1, 0.15) is 11.3 Å². The molecule has 0 aliphatic carbocycles. The highest BCUT2D eigenvalue weighted by atomic mass is 16.2. The number of nitrogens with one attached hydrogen (secondary N) is 2. The summed E-state index contributed by atoms with van der Waals surface area (Å²) in [6.07, 6.45) is 0. The SMILES string of the molecule is Cc1c(NC(=O)c2c(-c3ccccc3)c(-c3ccccc3)n[nH]c2=O)c(=O)n(-c2ccccc2)n1C. The first kappa shape index (κ1) is 22.8. The summed E-state index contributed by atoms with van der Waals surface area (Å²) >= 11 is 0. The van der Waals surface area contributed by atoms with Gasteiger partial charge in [-0.3, -0.25) is 19.1 Å². The predicted octanol–water partition coefficient (Wildman–Crippen LogP) is 4.15. The normalized spacial score (nSPS) is 10.8. The highest BCUT2D eigenvalue weighted by Gasteiger charge is 2.25. The van der Waals surface area contributed by atoms with E-state index in [9.17, 15) is 14.4 Å². The molecule has 36 heavy (non-hydrogen) atoms. The molecule has 0 fully saturated rings. The Balaban J connectivity index is 1.67. The zero-order valence-corrected chi connectivity index (χ0v) is 19.7. The van der Waals surface area contributed by atoms with Crippen molar-refractivity contribution in [3.05, 3.63) is 123 Å². The molecule has 0 aliphatic heterocycles. The first-order chi connectivity index (χ1) is 17.5. The third-order valence-electron chi connectivity index (χ3n) is 6.11. The quantitative estimate of drug-likeness (QED) is 0.397. The molecule has 5 aromatic rings. The number of carbonyl (C=O) groups excluding carboxylic acids is 1. The van der Waals surface area contributed by atoms with E-state index in [1.54, 1.807) is 30.8 Å². The second-order valence-electron chi connectivity index (χ2n) is 8.27. The van der Waals surface area contributed by atoms with E-state index in [-0.39, 0.29) is 11.3 Å². The molecule has 0 bridgehead atoms. The average molecular weight is 478 g/mol. The maximum atomic E-state index is 13.7. The Morgan fingerprint density at radius 2 is 1.39 bits per heavy atom. The molecule has 0 unspecified atom stereocenters. The van der Waals surface area contributed by atoms with Crippen LogP contribution in [0.3, 0.4) is 0 Å². The van der Waals surface area contributed by atoms with Crippen LogP contribution in [0.5, 0.6) is 0 Å². The van der Waals surface area contributed by atoms with Crippen LogP contribution < -0.4 is 16.4 Å². The maximum Gasteiger partial charge on any atom is 0.295 e. The lowest BCUT2D eigenvalue weighted by molar-refractivity contribution is 0.102. The molecule has 0 atom stereocenters. The van der Waals surface area contributed by atoms with Gasteiger partial charge in [0.25, 0.3) is 17.0 Å². The van der Waals surface area contributed by atoms with E-state index < -0.39 is 17.0 Å². The molecule has 8 heteroatoms. The molecule has 3 aromatic carbocycles. The number of rotatable bonds is 5. The lowest BCUT2D eigenvalue weighted by Gasteiger charge is -2.13. The van der Waals surface area contributed by atoms with Crippen molar-refractivity contribution in [2.45, 2.75) is 6.92 Å². The zero-order chi connectivity index (χ0) is 25.2. The Morgan fingerprint density at radius 3 is 2.00 bits per heavy atom. The number of amides is 1. The lowest BCUT2D eigenvalue weighted by atomic mass is 9.95. The highest BCUT2D eigenvalue weighted by molar-refractivity contribution is 6.10. The number of para-hydroxylation sites is 1. The fourth-order valence-electron chi connectivity index (χ4n) is 4.25. The minimum Gasteiger partial charge on any atom is -0.316 e. The molecular weight excluding hydrogens is 454 g/mol. The molecule has 178 valence electrons. The van der Waals surface area contributed by atoms with Crippen molar-refractivity contribution in [2.75, 3.05) is 5.32 Å². The Morgan fingerprint density at radius 1 is 0.833 bits per heavy atom. The van der Waals surface area contributed by atoms with Gasteiger partial charge in [0.05, 0.1) is 17.1 Å². The summed E-state index contributed by atoms with van der Waals surface area (Å²) in [5, 5.41) is 9.46. The molecule has 0 saturated heterocycles. The van der Waals surface area contributed by atoms with E-state index in [1.807, 2.05) is 78.9 Å². The summed E-state index contributed by atoms with van der Waals surface area (Å²) in [5.41, 5.74) is 2.38. The maximum absolute atomic E-state index is 13.7. The second-order valence-corrected chi connectivity index (χ2v) is 8.27. The number of hydrogen-bond donors (Lipinski definition) is 2. The van der Waals surface area contributed by atoms with Gasteiger partial charge in [-0.25, -0.2) is 9.78 Å². The first-order valence-corrected chi connectivity index (χ1v) is 11.4. The number of H-pyrrole nitrogens is 1. The zero-order valence-electron chi connectivity index (χ0n) is 19.7. The summed E-state index contributed by atoms with van der Waals surface area (Å²) in [7, 11) is 1.74. The van der Waals surface area contributed by atoms with Crippen LogP contribution in [0, 0.1) is 6.92 Å². The average Bonchev–Trinajstić information content (AvgIpc) is 3.12. The van der Waals surface area contributed by atoms with Crippen molar-refractivity contribution in [1.82, 2.24) is 19.6 Å². The van der Waals surface area contributed by atoms with Crippen LogP contribution in [0.25, 0.3) is 28.1 Å². The van der Waals surface area contributed by atoms with Gasteiger partial charge in [-0.1, -0.05) is 78.9 Å². The lowest BCUT2D eigenvalue weighted by Crippen LogP contribution is -2.28. The van der Waals surface area contributed by atoms with Crippen LogP contribution in [0.15, 0.2) is 101 Å². The number of benzene rings is 3. The summed E-state index contributed by atoms with van der Waals surface area (Å²) in [6.45, 7) is 1.74.